The number of aliphatic hydroxyl groups is 1. The van der Waals surface area contributed by atoms with Crippen LogP contribution in [0.25, 0.3) is 10.8 Å². The van der Waals surface area contributed by atoms with Gasteiger partial charge in [-0.05, 0) is 25.0 Å². The Balaban J connectivity index is 2.35. The molecule has 5 nitrogen and oxygen atoms in total. The highest BCUT2D eigenvalue weighted by Crippen LogP contribution is 2.25. The number of hydrogen-bond donors (Lipinski definition) is 2. The summed E-state index contributed by atoms with van der Waals surface area (Å²) in [6, 6.07) is 6.98. The summed E-state index contributed by atoms with van der Waals surface area (Å²) >= 11 is 0. The number of rotatable bonds is 9. The van der Waals surface area contributed by atoms with Crippen LogP contribution in [0, 0.1) is 0 Å². The van der Waals surface area contributed by atoms with Gasteiger partial charge in [-0.25, -0.2) is 13.1 Å². The van der Waals surface area contributed by atoms with Gasteiger partial charge in [0.1, 0.15) is 0 Å². The maximum absolute atomic E-state index is 12.4. The van der Waals surface area contributed by atoms with Crippen molar-refractivity contribution >= 4 is 20.8 Å². The molecule has 0 saturated heterocycles. The van der Waals surface area contributed by atoms with E-state index >= 15 is 0 Å². The third-order valence-corrected chi connectivity index (χ3v) is 5.33. The second-order valence-corrected chi connectivity index (χ2v) is 7.28. The molecule has 0 atom stereocenters. The Morgan fingerprint density at radius 2 is 1.96 bits per heavy atom. The lowest BCUT2D eigenvalue weighted by Crippen LogP contribution is -2.26. The highest BCUT2D eigenvalue weighted by molar-refractivity contribution is 7.89. The van der Waals surface area contributed by atoms with E-state index in [1.54, 1.807) is 24.4 Å². The van der Waals surface area contributed by atoms with Gasteiger partial charge in [0.25, 0.3) is 0 Å². The van der Waals surface area contributed by atoms with Gasteiger partial charge in [0.05, 0.1) is 11.5 Å². The van der Waals surface area contributed by atoms with Crippen LogP contribution in [0.5, 0.6) is 0 Å². The number of aromatic nitrogens is 1. The summed E-state index contributed by atoms with van der Waals surface area (Å²) in [5.41, 5.74) is 0.942. The normalized spacial score (nSPS) is 11.9. The van der Waals surface area contributed by atoms with E-state index in [4.69, 9.17) is 5.11 Å². The first-order chi connectivity index (χ1) is 11.1. The summed E-state index contributed by atoms with van der Waals surface area (Å²) < 4.78 is 27.1. The van der Waals surface area contributed by atoms with Crippen molar-refractivity contribution in [2.75, 3.05) is 13.2 Å². The molecular formula is C17H24N2O3S. The molecule has 2 N–H and O–H groups in total. The molecule has 0 spiro atoms. The molecule has 0 radical (unpaired) electrons. The smallest absolute Gasteiger partial charge is 0.241 e. The monoisotopic (exact) mass is 336 g/mol. The zero-order valence-electron chi connectivity index (χ0n) is 13.5. The molecule has 0 fully saturated rings. The van der Waals surface area contributed by atoms with E-state index in [0.29, 0.717) is 5.39 Å². The Kier molecular flexibility index (Phi) is 6.50. The van der Waals surface area contributed by atoms with Gasteiger partial charge in [-0.2, -0.15) is 0 Å². The molecule has 6 heteroatoms. The van der Waals surface area contributed by atoms with Crippen LogP contribution in [0.1, 0.15) is 38.3 Å². The van der Waals surface area contributed by atoms with Crippen LogP contribution in [0.15, 0.2) is 35.4 Å². The summed E-state index contributed by atoms with van der Waals surface area (Å²) in [6.07, 6.45) is 7.12. The first-order valence-electron chi connectivity index (χ1n) is 8.07. The van der Waals surface area contributed by atoms with Crippen LogP contribution in [0.3, 0.4) is 0 Å². The van der Waals surface area contributed by atoms with Gasteiger partial charge in [-0.1, -0.05) is 38.3 Å². The molecule has 0 aliphatic carbocycles. The Morgan fingerprint density at radius 3 is 2.70 bits per heavy atom. The van der Waals surface area contributed by atoms with E-state index in [-0.39, 0.29) is 18.0 Å². The number of hydrogen-bond acceptors (Lipinski definition) is 4. The van der Waals surface area contributed by atoms with E-state index in [0.717, 1.165) is 30.3 Å². The van der Waals surface area contributed by atoms with Crippen molar-refractivity contribution in [2.45, 2.75) is 43.9 Å². The Hall–Kier alpha value is -1.50. The van der Waals surface area contributed by atoms with E-state index in [1.165, 1.54) is 12.8 Å². The molecule has 2 aromatic rings. The molecular weight excluding hydrogens is 312 g/mol. The molecule has 0 amide bonds. The predicted molar refractivity (Wildman–Crippen MR) is 91.9 cm³/mol. The average Bonchev–Trinajstić information content (AvgIpc) is 2.56. The van der Waals surface area contributed by atoms with Gasteiger partial charge in [-0.15, -0.1) is 0 Å². The molecule has 23 heavy (non-hydrogen) atoms. The van der Waals surface area contributed by atoms with Crippen LogP contribution in [-0.4, -0.2) is 31.7 Å². The number of fused-ring (bicyclic) bond motifs is 1. The SMILES string of the molecule is CCCCCCc1nccc2c(S(=O)(=O)NCCO)cccc12. The number of nitrogens with one attached hydrogen (secondary N) is 1. The molecule has 1 aromatic heterocycles. The number of sulfonamides is 1. The lowest BCUT2D eigenvalue weighted by atomic mass is 10.0. The van der Waals surface area contributed by atoms with Crippen molar-refractivity contribution in [3.8, 4) is 0 Å². The van der Waals surface area contributed by atoms with Crippen molar-refractivity contribution < 1.29 is 13.5 Å². The number of benzene rings is 1. The summed E-state index contributed by atoms with van der Waals surface area (Å²) in [4.78, 5) is 4.67. The lowest BCUT2D eigenvalue weighted by molar-refractivity contribution is 0.301. The van der Waals surface area contributed by atoms with Crippen LogP contribution < -0.4 is 4.72 Å². The van der Waals surface area contributed by atoms with E-state index in [1.807, 2.05) is 6.07 Å². The van der Waals surface area contributed by atoms with E-state index in [9.17, 15) is 8.42 Å². The molecule has 0 aliphatic rings. The minimum atomic E-state index is -3.63. The van der Waals surface area contributed by atoms with Crippen LogP contribution in [-0.2, 0) is 16.4 Å². The molecule has 0 unspecified atom stereocenters. The molecule has 0 saturated carbocycles. The molecule has 1 aromatic carbocycles. The van der Waals surface area contributed by atoms with Crippen molar-refractivity contribution in [1.29, 1.82) is 0 Å². The minimum Gasteiger partial charge on any atom is -0.395 e. The van der Waals surface area contributed by atoms with Gasteiger partial charge >= 0.3 is 0 Å². The maximum atomic E-state index is 12.4. The topological polar surface area (TPSA) is 79.3 Å². The van der Waals surface area contributed by atoms with Gasteiger partial charge in [0, 0.05) is 29.2 Å². The van der Waals surface area contributed by atoms with E-state index in [2.05, 4.69) is 16.6 Å². The number of aryl methyl sites for hydroxylation is 1. The molecule has 126 valence electrons. The summed E-state index contributed by atoms with van der Waals surface area (Å²) in [6.45, 7) is 1.95. The van der Waals surface area contributed by atoms with Gasteiger partial charge in [-0.3, -0.25) is 4.98 Å². The van der Waals surface area contributed by atoms with Crippen molar-refractivity contribution in [3.05, 3.63) is 36.2 Å². The highest BCUT2D eigenvalue weighted by Gasteiger charge is 2.17. The van der Waals surface area contributed by atoms with E-state index < -0.39 is 10.0 Å². The molecule has 0 aliphatic heterocycles. The largest absolute Gasteiger partial charge is 0.395 e. The second kappa shape index (κ2) is 8.38. The quantitative estimate of drug-likeness (QED) is 0.690. The summed E-state index contributed by atoms with van der Waals surface area (Å²) in [5.74, 6) is 0. The van der Waals surface area contributed by atoms with Crippen molar-refractivity contribution in [2.24, 2.45) is 0 Å². The zero-order chi connectivity index (χ0) is 16.7. The number of nitrogens with zero attached hydrogens (tertiary/aromatic N) is 1. The summed E-state index contributed by atoms with van der Waals surface area (Å²) in [5, 5.41) is 10.4. The third kappa shape index (κ3) is 4.50. The fourth-order valence-electron chi connectivity index (χ4n) is 2.65. The first-order valence-corrected chi connectivity index (χ1v) is 9.55. The summed E-state index contributed by atoms with van der Waals surface area (Å²) in [7, 11) is -3.63. The zero-order valence-corrected chi connectivity index (χ0v) is 14.3. The van der Waals surface area contributed by atoms with Crippen molar-refractivity contribution in [3.63, 3.8) is 0 Å². The number of pyridine rings is 1. The van der Waals surface area contributed by atoms with Crippen molar-refractivity contribution in [1.82, 2.24) is 9.71 Å². The third-order valence-electron chi connectivity index (χ3n) is 3.81. The van der Waals surface area contributed by atoms with Gasteiger partial charge in [0.2, 0.25) is 10.0 Å². The second-order valence-electron chi connectivity index (χ2n) is 5.54. The van der Waals surface area contributed by atoms with Crippen LogP contribution in [0.2, 0.25) is 0 Å². The standard InChI is InChI=1S/C17H24N2O3S/c1-2-3-4-5-8-16-14-7-6-9-17(15(14)10-11-18-16)23(21,22)19-12-13-20/h6-7,9-11,19-20H,2-5,8,12-13H2,1H3. The number of aliphatic hydroxyl groups excluding tert-OH is 1. The predicted octanol–water partition coefficient (Wildman–Crippen LogP) is 2.63. The Morgan fingerprint density at radius 1 is 1.13 bits per heavy atom. The van der Waals surface area contributed by atoms with Crippen LogP contribution >= 0.6 is 0 Å². The first kappa shape index (κ1) is 17.8. The average molecular weight is 336 g/mol. The molecule has 0 bridgehead atoms. The highest BCUT2D eigenvalue weighted by atomic mass is 32.2. The maximum Gasteiger partial charge on any atom is 0.241 e. The Bertz CT molecular complexity index is 745. The lowest BCUT2D eigenvalue weighted by Gasteiger charge is -2.11. The molecule has 1 heterocycles. The number of unbranched alkanes of at least 4 members (excludes halogenated alkanes) is 3. The fraction of sp³-hybridized carbons (Fsp3) is 0.471. The molecule has 2 rings (SSSR count). The van der Waals surface area contributed by atoms with Crippen LogP contribution in [0.4, 0.5) is 0 Å². The van der Waals surface area contributed by atoms with Gasteiger partial charge < -0.3 is 5.11 Å². The van der Waals surface area contributed by atoms with Gasteiger partial charge in [0.15, 0.2) is 0 Å². The Labute approximate surface area is 137 Å². The fourth-order valence-corrected chi connectivity index (χ4v) is 3.89. The minimum absolute atomic E-state index is 0.00762.